The van der Waals surface area contributed by atoms with Crippen LogP contribution in [0.3, 0.4) is 0 Å². The van der Waals surface area contributed by atoms with Gasteiger partial charge in [0.1, 0.15) is 10.9 Å². The Morgan fingerprint density at radius 2 is 1.88 bits per heavy atom. The fourth-order valence-corrected chi connectivity index (χ4v) is 2.10. The number of methoxy groups -OCH3 is 1. The zero-order chi connectivity index (χ0) is 12.6. The minimum Gasteiger partial charge on any atom is -0.497 e. The van der Waals surface area contributed by atoms with Crippen molar-refractivity contribution < 1.29 is 4.74 Å². The van der Waals surface area contributed by atoms with E-state index in [9.17, 15) is 0 Å². The Morgan fingerprint density at radius 3 is 2.47 bits per heavy atom. The van der Waals surface area contributed by atoms with E-state index in [2.05, 4.69) is 25.8 Å². The molecule has 1 heterocycles. The Bertz CT molecular complexity index is 558. The van der Waals surface area contributed by atoms with Crippen LogP contribution in [-0.4, -0.2) is 12.1 Å². The van der Waals surface area contributed by atoms with Gasteiger partial charge in [-0.05, 0) is 29.7 Å². The molecule has 2 nitrogen and oxygen atoms in total. The Morgan fingerprint density at radius 1 is 1.18 bits per heavy atom. The van der Waals surface area contributed by atoms with Crippen LogP contribution >= 0.6 is 11.6 Å². The monoisotopic (exact) mass is 249 g/mol. The second-order valence-corrected chi connectivity index (χ2v) is 5.52. The Balaban J connectivity index is 2.77. The number of halogens is 1. The average Bonchev–Trinajstić information content (AvgIpc) is 2.25. The molecule has 0 spiro atoms. The van der Waals surface area contributed by atoms with Gasteiger partial charge in [-0.2, -0.15) is 0 Å². The summed E-state index contributed by atoms with van der Waals surface area (Å²) in [7, 11) is 1.66. The maximum Gasteiger partial charge on any atom is 0.130 e. The highest BCUT2D eigenvalue weighted by Gasteiger charge is 2.19. The highest BCUT2D eigenvalue weighted by Crippen LogP contribution is 2.32. The van der Waals surface area contributed by atoms with Crippen LogP contribution in [0.4, 0.5) is 0 Å². The zero-order valence-electron chi connectivity index (χ0n) is 10.5. The maximum absolute atomic E-state index is 6.07. The average molecular weight is 250 g/mol. The van der Waals surface area contributed by atoms with Crippen LogP contribution in [0.25, 0.3) is 10.8 Å². The van der Waals surface area contributed by atoms with E-state index in [1.165, 1.54) is 0 Å². The topological polar surface area (TPSA) is 22.1 Å². The minimum absolute atomic E-state index is 0.0300. The fourth-order valence-electron chi connectivity index (χ4n) is 1.90. The van der Waals surface area contributed by atoms with Gasteiger partial charge in [-0.3, -0.25) is 0 Å². The molecule has 0 unspecified atom stereocenters. The van der Waals surface area contributed by atoms with Crippen molar-refractivity contribution in [2.45, 2.75) is 26.2 Å². The van der Waals surface area contributed by atoms with E-state index in [0.717, 1.165) is 22.2 Å². The van der Waals surface area contributed by atoms with Gasteiger partial charge in [0.15, 0.2) is 0 Å². The van der Waals surface area contributed by atoms with Crippen LogP contribution in [0, 0.1) is 0 Å². The van der Waals surface area contributed by atoms with Crippen LogP contribution in [0.2, 0.25) is 5.15 Å². The predicted octanol–water partition coefficient (Wildman–Crippen LogP) is 4.19. The molecule has 0 radical (unpaired) electrons. The van der Waals surface area contributed by atoms with Gasteiger partial charge in [0.2, 0.25) is 0 Å². The summed E-state index contributed by atoms with van der Waals surface area (Å²) in [5, 5.41) is 2.72. The molecule has 0 aliphatic rings. The van der Waals surface area contributed by atoms with Crippen LogP contribution in [0.15, 0.2) is 24.3 Å². The van der Waals surface area contributed by atoms with E-state index in [4.69, 9.17) is 16.3 Å². The molecule has 0 bridgehead atoms. The van der Waals surface area contributed by atoms with Crippen molar-refractivity contribution in [2.24, 2.45) is 0 Å². The largest absolute Gasteiger partial charge is 0.497 e. The number of pyridine rings is 1. The Kier molecular flexibility index (Phi) is 3.00. The highest BCUT2D eigenvalue weighted by molar-refractivity contribution is 6.30. The molecular formula is C14H16ClNO. The van der Waals surface area contributed by atoms with E-state index in [-0.39, 0.29) is 5.41 Å². The lowest BCUT2D eigenvalue weighted by molar-refractivity contribution is 0.415. The van der Waals surface area contributed by atoms with E-state index < -0.39 is 0 Å². The lowest BCUT2D eigenvalue weighted by Gasteiger charge is -2.20. The maximum atomic E-state index is 6.07. The number of aromatic nitrogens is 1. The molecule has 0 aliphatic heterocycles. The van der Waals surface area contributed by atoms with E-state index in [1.807, 2.05) is 24.3 Å². The molecule has 0 saturated heterocycles. The number of hydrogen-bond acceptors (Lipinski definition) is 2. The molecule has 2 aromatic rings. The van der Waals surface area contributed by atoms with Crippen molar-refractivity contribution in [1.29, 1.82) is 0 Å². The van der Waals surface area contributed by atoms with Gasteiger partial charge >= 0.3 is 0 Å². The molecule has 0 saturated carbocycles. The van der Waals surface area contributed by atoms with Gasteiger partial charge in [-0.15, -0.1) is 0 Å². The lowest BCUT2D eigenvalue weighted by atomic mass is 9.88. The Hall–Kier alpha value is -1.28. The van der Waals surface area contributed by atoms with Crippen molar-refractivity contribution in [1.82, 2.24) is 4.98 Å². The quantitative estimate of drug-likeness (QED) is 0.707. The Labute approximate surface area is 107 Å². The summed E-state index contributed by atoms with van der Waals surface area (Å²) >= 11 is 6.07. The smallest absolute Gasteiger partial charge is 0.130 e. The zero-order valence-corrected chi connectivity index (χ0v) is 11.3. The molecule has 0 fully saturated rings. The van der Waals surface area contributed by atoms with Crippen molar-refractivity contribution in [3.63, 3.8) is 0 Å². The number of benzene rings is 1. The van der Waals surface area contributed by atoms with Gasteiger partial charge in [-0.25, -0.2) is 4.98 Å². The van der Waals surface area contributed by atoms with Crippen LogP contribution < -0.4 is 4.74 Å². The summed E-state index contributed by atoms with van der Waals surface area (Å²) in [6, 6.07) is 7.85. The molecule has 3 heteroatoms. The van der Waals surface area contributed by atoms with Crippen molar-refractivity contribution in [2.75, 3.05) is 7.11 Å². The van der Waals surface area contributed by atoms with Crippen LogP contribution in [0.1, 0.15) is 26.5 Å². The fraction of sp³-hybridized carbons (Fsp3) is 0.357. The molecule has 0 atom stereocenters. The van der Waals surface area contributed by atoms with Crippen molar-refractivity contribution >= 4 is 22.4 Å². The molecule has 1 aromatic carbocycles. The minimum atomic E-state index is -0.0300. The van der Waals surface area contributed by atoms with E-state index in [0.29, 0.717) is 5.15 Å². The predicted molar refractivity (Wildman–Crippen MR) is 72.0 cm³/mol. The van der Waals surface area contributed by atoms with Gasteiger partial charge < -0.3 is 4.74 Å². The molecule has 2 rings (SSSR count). The number of fused-ring (bicyclic) bond motifs is 1. The first-order valence-corrected chi connectivity index (χ1v) is 5.94. The summed E-state index contributed by atoms with van der Waals surface area (Å²) in [5.41, 5.74) is 0.986. The SMILES string of the molecule is COc1ccc2c(C(C)(C)C)nc(Cl)cc2c1. The van der Waals surface area contributed by atoms with E-state index in [1.54, 1.807) is 7.11 Å². The summed E-state index contributed by atoms with van der Waals surface area (Å²) in [4.78, 5) is 4.45. The summed E-state index contributed by atoms with van der Waals surface area (Å²) < 4.78 is 5.22. The highest BCUT2D eigenvalue weighted by atomic mass is 35.5. The summed E-state index contributed by atoms with van der Waals surface area (Å²) in [5.74, 6) is 0.833. The third-order valence-electron chi connectivity index (χ3n) is 2.72. The third-order valence-corrected chi connectivity index (χ3v) is 2.91. The normalized spacial score (nSPS) is 11.8. The van der Waals surface area contributed by atoms with Crippen molar-refractivity contribution in [3.8, 4) is 5.75 Å². The first kappa shape index (κ1) is 12.2. The van der Waals surface area contributed by atoms with Crippen LogP contribution in [-0.2, 0) is 5.41 Å². The van der Waals surface area contributed by atoms with Gasteiger partial charge in [-0.1, -0.05) is 32.4 Å². The number of rotatable bonds is 1. The molecule has 0 amide bonds. The number of nitrogens with zero attached hydrogens (tertiary/aromatic N) is 1. The second kappa shape index (κ2) is 4.19. The first-order chi connectivity index (χ1) is 7.91. The molecule has 90 valence electrons. The molecule has 0 aliphatic carbocycles. The molecule has 17 heavy (non-hydrogen) atoms. The van der Waals surface area contributed by atoms with Gasteiger partial charge in [0, 0.05) is 10.8 Å². The number of hydrogen-bond donors (Lipinski definition) is 0. The summed E-state index contributed by atoms with van der Waals surface area (Å²) in [6.45, 7) is 6.40. The molecule has 1 aromatic heterocycles. The van der Waals surface area contributed by atoms with Crippen molar-refractivity contribution in [3.05, 3.63) is 35.1 Å². The van der Waals surface area contributed by atoms with Gasteiger partial charge in [0.25, 0.3) is 0 Å². The van der Waals surface area contributed by atoms with Gasteiger partial charge in [0.05, 0.1) is 12.8 Å². The standard InChI is InChI=1S/C14H16ClNO/c1-14(2,3)13-11-6-5-10(17-4)7-9(11)8-12(15)16-13/h5-8H,1-4H3. The number of ether oxygens (including phenoxy) is 1. The van der Waals surface area contributed by atoms with E-state index >= 15 is 0 Å². The van der Waals surface area contributed by atoms with Crippen LogP contribution in [0.5, 0.6) is 5.75 Å². The summed E-state index contributed by atoms with van der Waals surface area (Å²) in [6.07, 6.45) is 0. The first-order valence-electron chi connectivity index (χ1n) is 5.56. The second-order valence-electron chi connectivity index (χ2n) is 5.13. The molecule has 0 N–H and O–H groups in total. The third kappa shape index (κ3) is 2.37. The lowest BCUT2D eigenvalue weighted by Crippen LogP contribution is -2.14. The molecular weight excluding hydrogens is 234 g/mol.